The SMILES string of the molecule is Cc1ccc(S(=O)(=O)OC2CC3C=CC2c2c(F)c(F)c(F)c(F)c23)cc1. The molecule has 0 N–H and O–H groups in total. The third kappa shape index (κ3) is 2.78. The molecule has 0 saturated heterocycles. The highest BCUT2D eigenvalue weighted by molar-refractivity contribution is 7.86. The first-order valence-electron chi connectivity index (χ1n) is 8.24. The van der Waals surface area contributed by atoms with E-state index in [1.165, 1.54) is 24.3 Å². The first-order valence-corrected chi connectivity index (χ1v) is 9.65. The van der Waals surface area contributed by atoms with Crippen molar-refractivity contribution in [2.24, 2.45) is 0 Å². The van der Waals surface area contributed by atoms with Gasteiger partial charge in [-0.3, -0.25) is 4.18 Å². The first-order chi connectivity index (χ1) is 12.7. The zero-order chi connectivity index (χ0) is 19.5. The van der Waals surface area contributed by atoms with Crippen LogP contribution in [0.3, 0.4) is 0 Å². The van der Waals surface area contributed by atoms with Crippen molar-refractivity contribution in [3.05, 3.63) is 76.4 Å². The van der Waals surface area contributed by atoms with Crippen LogP contribution < -0.4 is 0 Å². The number of benzene rings is 2. The molecule has 0 spiro atoms. The Morgan fingerprint density at radius 1 is 0.889 bits per heavy atom. The maximum Gasteiger partial charge on any atom is 0.297 e. The smallest absolute Gasteiger partial charge is 0.262 e. The second-order valence-electron chi connectivity index (χ2n) is 6.74. The van der Waals surface area contributed by atoms with E-state index < -0.39 is 51.3 Å². The lowest BCUT2D eigenvalue weighted by Gasteiger charge is -2.39. The third-order valence-corrected chi connectivity index (χ3v) is 6.39. The van der Waals surface area contributed by atoms with E-state index in [0.29, 0.717) is 0 Å². The molecule has 3 unspecified atom stereocenters. The van der Waals surface area contributed by atoms with Crippen LogP contribution in [0.1, 0.15) is 34.9 Å². The Bertz CT molecular complexity index is 1060. The molecule has 0 heterocycles. The minimum Gasteiger partial charge on any atom is -0.262 e. The Labute approximate surface area is 153 Å². The van der Waals surface area contributed by atoms with Crippen molar-refractivity contribution in [1.29, 1.82) is 0 Å². The Hall–Kier alpha value is -2.19. The molecule has 2 bridgehead atoms. The lowest BCUT2D eigenvalue weighted by atomic mass is 9.69. The molecule has 142 valence electrons. The molecule has 3 atom stereocenters. The van der Waals surface area contributed by atoms with Gasteiger partial charge in [-0.2, -0.15) is 8.42 Å². The average molecular weight is 398 g/mol. The van der Waals surface area contributed by atoms with Crippen LogP contribution in [0.15, 0.2) is 41.3 Å². The Balaban J connectivity index is 1.73. The van der Waals surface area contributed by atoms with E-state index in [-0.39, 0.29) is 22.4 Å². The fourth-order valence-corrected chi connectivity index (χ4v) is 4.83. The van der Waals surface area contributed by atoms with E-state index in [4.69, 9.17) is 4.18 Å². The van der Waals surface area contributed by atoms with Crippen LogP contribution >= 0.6 is 0 Å². The molecule has 0 fully saturated rings. The van der Waals surface area contributed by atoms with Gasteiger partial charge in [0.1, 0.15) is 0 Å². The van der Waals surface area contributed by atoms with Crippen LogP contribution in [0, 0.1) is 30.2 Å². The Morgan fingerprint density at radius 3 is 2.11 bits per heavy atom. The summed E-state index contributed by atoms with van der Waals surface area (Å²) >= 11 is 0. The van der Waals surface area contributed by atoms with Crippen LogP contribution in [0.5, 0.6) is 0 Å². The minimum atomic E-state index is -4.16. The summed E-state index contributed by atoms with van der Waals surface area (Å²) in [6, 6.07) is 5.97. The van der Waals surface area contributed by atoms with Crippen molar-refractivity contribution in [2.45, 2.75) is 36.2 Å². The van der Waals surface area contributed by atoms with Crippen LogP contribution in [-0.2, 0) is 14.3 Å². The fraction of sp³-hybridized carbons (Fsp3) is 0.263. The van der Waals surface area contributed by atoms with Crippen molar-refractivity contribution in [1.82, 2.24) is 0 Å². The van der Waals surface area contributed by atoms with E-state index in [1.54, 1.807) is 19.1 Å². The van der Waals surface area contributed by atoms with Gasteiger partial charge in [-0.25, -0.2) is 17.6 Å². The minimum absolute atomic E-state index is 0.0146. The quantitative estimate of drug-likeness (QED) is 0.252. The maximum atomic E-state index is 14.3. The molecule has 0 amide bonds. The number of hydrogen-bond acceptors (Lipinski definition) is 3. The summed E-state index contributed by atoms with van der Waals surface area (Å²) in [5.74, 6) is -8.56. The van der Waals surface area contributed by atoms with Gasteiger partial charge in [0.05, 0.1) is 11.0 Å². The fourth-order valence-electron chi connectivity index (χ4n) is 3.73. The molecule has 0 aromatic heterocycles. The van der Waals surface area contributed by atoms with Crippen molar-refractivity contribution in [3.63, 3.8) is 0 Å². The zero-order valence-electron chi connectivity index (χ0n) is 14.0. The van der Waals surface area contributed by atoms with Gasteiger partial charge in [-0.05, 0) is 25.5 Å². The van der Waals surface area contributed by atoms with E-state index in [1.807, 2.05) is 0 Å². The van der Waals surface area contributed by atoms with Gasteiger partial charge >= 0.3 is 0 Å². The maximum absolute atomic E-state index is 14.3. The van der Waals surface area contributed by atoms with Gasteiger partial charge < -0.3 is 0 Å². The van der Waals surface area contributed by atoms with Gasteiger partial charge in [0.25, 0.3) is 10.1 Å². The molecule has 27 heavy (non-hydrogen) atoms. The molecule has 3 aliphatic rings. The van der Waals surface area contributed by atoms with Crippen molar-refractivity contribution >= 4 is 10.1 Å². The van der Waals surface area contributed by atoms with Crippen molar-refractivity contribution < 1.29 is 30.2 Å². The van der Waals surface area contributed by atoms with Crippen molar-refractivity contribution in [3.8, 4) is 0 Å². The topological polar surface area (TPSA) is 43.4 Å². The van der Waals surface area contributed by atoms with Gasteiger partial charge in [-0.1, -0.05) is 29.8 Å². The highest BCUT2D eigenvalue weighted by Gasteiger charge is 2.45. The first kappa shape index (κ1) is 18.2. The standard InChI is InChI=1S/C19H14F4O3S/c1-9-2-5-11(6-3-9)27(24,25)26-13-8-10-4-7-12(13)15-14(10)16(20)18(22)19(23)17(15)21/h2-7,10,12-13H,8H2,1H3. The molecular weight excluding hydrogens is 384 g/mol. The van der Waals surface area contributed by atoms with Gasteiger partial charge in [0.2, 0.25) is 0 Å². The summed E-state index contributed by atoms with van der Waals surface area (Å²) in [4.78, 5) is -0.0734. The Morgan fingerprint density at radius 2 is 1.48 bits per heavy atom. The predicted octanol–water partition coefficient (Wildman–Crippen LogP) is 4.47. The lowest BCUT2D eigenvalue weighted by molar-refractivity contribution is 0.157. The number of aryl methyl sites for hydroxylation is 1. The largest absolute Gasteiger partial charge is 0.297 e. The molecular formula is C19H14F4O3S. The summed E-state index contributed by atoms with van der Waals surface area (Å²) in [5, 5.41) is 0. The third-order valence-electron chi connectivity index (χ3n) is 5.04. The highest BCUT2D eigenvalue weighted by Crippen LogP contribution is 2.49. The molecule has 0 radical (unpaired) electrons. The zero-order valence-corrected chi connectivity index (χ0v) is 14.9. The van der Waals surface area contributed by atoms with E-state index in [0.717, 1.165) is 5.56 Å². The van der Waals surface area contributed by atoms with Gasteiger partial charge in [0.15, 0.2) is 23.3 Å². The van der Waals surface area contributed by atoms with Crippen LogP contribution in [0.4, 0.5) is 17.6 Å². The number of hydrogen-bond donors (Lipinski definition) is 0. The molecule has 2 aromatic carbocycles. The van der Waals surface area contributed by atoms with Gasteiger partial charge in [0, 0.05) is 23.0 Å². The summed E-state index contributed by atoms with van der Waals surface area (Å²) in [6.07, 6.45) is 1.95. The van der Waals surface area contributed by atoms with Crippen LogP contribution in [0.2, 0.25) is 0 Å². The van der Waals surface area contributed by atoms with Crippen LogP contribution in [0.25, 0.3) is 0 Å². The number of rotatable bonds is 3. The number of allylic oxidation sites excluding steroid dienone is 1. The Kier molecular flexibility index (Phi) is 4.16. The monoisotopic (exact) mass is 398 g/mol. The molecule has 2 aromatic rings. The molecule has 8 heteroatoms. The van der Waals surface area contributed by atoms with E-state index in [2.05, 4.69) is 0 Å². The second-order valence-corrected chi connectivity index (χ2v) is 8.31. The highest BCUT2D eigenvalue weighted by atomic mass is 32.2. The molecule has 0 saturated carbocycles. The summed E-state index contributed by atoms with van der Waals surface area (Å²) in [5.41, 5.74) is 0.207. The van der Waals surface area contributed by atoms with E-state index >= 15 is 0 Å². The molecule has 5 rings (SSSR count). The van der Waals surface area contributed by atoms with Gasteiger partial charge in [-0.15, -0.1) is 0 Å². The molecule has 3 nitrogen and oxygen atoms in total. The lowest BCUT2D eigenvalue weighted by Crippen LogP contribution is -2.36. The molecule has 0 aliphatic heterocycles. The normalized spacial score (nSPS) is 23.5. The number of halogens is 4. The molecule has 3 aliphatic carbocycles. The van der Waals surface area contributed by atoms with Crippen LogP contribution in [-0.4, -0.2) is 14.5 Å². The van der Waals surface area contributed by atoms with Crippen molar-refractivity contribution in [2.75, 3.05) is 0 Å². The summed E-state index contributed by atoms with van der Waals surface area (Å²) in [7, 11) is -4.16. The number of fused-ring (bicyclic) bond motifs is 1. The van der Waals surface area contributed by atoms with E-state index in [9.17, 15) is 26.0 Å². The second kappa shape index (κ2) is 6.17. The average Bonchev–Trinajstić information content (AvgIpc) is 2.64. The predicted molar refractivity (Wildman–Crippen MR) is 88.8 cm³/mol. The summed E-state index contributed by atoms with van der Waals surface area (Å²) < 4.78 is 86.1. The summed E-state index contributed by atoms with van der Waals surface area (Å²) in [6.45, 7) is 1.80.